The first-order valence-electron chi connectivity index (χ1n) is 17.9. The van der Waals surface area contributed by atoms with E-state index in [-0.39, 0.29) is 12.0 Å². The monoisotopic (exact) mass is 666 g/mol. The zero-order valence-corrected chi connectivity index (χ0v) is 28.0. The second-order valence-corrected chi connectivity index (χ2v) is 14.0. The van der Waals surface area contributed by atoms with E-state index in [2.05, 4.69) is 179 Å². The lowest BCUT2D eigenvalue weighted by atomic mass is 9.85. The van der Waals surface area contributed by atoms with Crippen LogP contribution in [0, 0.1) is 0 Å². The van der Waals surface area contributed by atoms with Gasteiger partial charge in [0.25, 0.3) is 0 Å². The highest BCUT2D eigenvalue weighted by atomic mass is 16.5. The van der Waals surface area contributed by atoms with E-state index < -0.39 is 0 Å². The summed E-state index contributed by atoms with van der Waals surface area (Å²) in [6.07, 6.45) is 4.59. The van der Waals surface area contributed by atoms with Gasteiger partial charge in [0.2, 0.25) is 0 Å². The summed E-state index contributed by atoms with van der Waals surface area (Å²) in [5.74, 6) is 0.869. The Kier molecular flexibility index (Phi) is 5.58. The van der Waals surface area contributed by atoms with Crippen molar-refractivity contribution in [3.05, 3.63) is 181 Å². The van der Waals surface area contributed by atoms with Gasteiger partial charge < -0.3 is 18.3 Å². The molecule has 52 heavy (non-hydrogen) atoms. The molecule has 4 heterocycles. The average molecular weight is 667 g/mol. The SMILES string of the molecule is C1=C(c2ccccc2)C(n2c3ccccc3c3ccccc32)=CC2c3ccc4c(oc5ccc(-n6c7ccccc7c7ccccc76)cc54)c3OC12. The van der Waals surface area contributed by atoms with Crippen LogP contribution < -0.4 is 4.74 Å². The highest BCUT2D eigenvalue weighted by Crippen LogP contribution is 2.51. The highest BCUT2D eigenvalue weighted by Gasteiger charge is 2.39. The van der Waals surface area contributed by atoms with Crippen LogP contribution in [-0.2, 0) is 0 Å². The summed E-state index contributed by atoms with van der Waals surface area (Å²) in [5.41, 5.74) is 12.2. The van der Waals surface area contributed by atoms with Gasteiger partial charge in [0.1, 0.15) is 11.7 Å². The number of nitrogens with zero attached hydrogens (tertiary/aromatic N) is 2. The van der Waals surface area contributed by atoms with Crippen molar-refractivity contribution in [3.8, 4) is 11.4 Å². The van der Waals surface area contributed by atoms with Crippen LogP contribution in [0.3, 0.4) is 0 Å². The number of para-hydroxylation sites is 4. The summed E-state index contributed by atoms with van der Waals surface area (Å²) in [6.45, 7) is 0. The summed E-state index contributed by atoms with van der Waals surface area (Å²) in [7, 11) is 0. The van der Waals surface area contributed by atoms with E-state index in [1.165, 1.54) is 54.9 Å². The van der Waals surface area contributed by atoms with E-state index in [0.717, 1.165) is 44.5 Å². The number of hydrogen-bond acceptors (Lipinski definition) is 2. The third-order valence-corrected chi connectivity index (χ3v) is 11.3. The summed E-state index contributed by atoms with van der Waals surface area (Å²) in [6, 6.07) is 56.4. The van der Waals surface area contributed by atoms with Crippen LogP contribution in [0.2, 0.25) is 0 Å². The van der Waals surface area contributed by atoms with Gasteiger partial charge >= 0.3 is 0 Å². The molecule has 12 rings (SSSR count). The fourth-order valence-corrected chi connectivity index (χ4v) is 9.00. The van der Waals surface area contributed by atoms with Crippen LogP contribution >= 0.6 is 0 Å². The Morgan fingerprint density at radius 1 is 0.462 bits per heavy atom. The van der Waals surface area contributed by atoms with Crippen molar-refractivity contribution >= 4 is 76.8 Å². The third-order valence-electron chi connectivity index (χ3n) is 11.3. The molecule has 0 N–H and O–H groups in total. The molecule has 3 aromatic heterocycles. The van der Waals surface area contributed by atoms with E-state index in [1.807, 2.05) is 0 Å². The first kappa shape index (κ1) is 28.0. The van der Waals surface area contributed by atoms with E-state index in [9.17, 15) is 0 Å². The van der Waals surface area contributed by atoms with Gasteiger partial charge in [-0.2, -0.15) is 0 Å². The van der Waals surface area contributed by atoms with Crippen molar-refractivity contribution in [1.29, 1.82) is 0 Å². The molecule has 244 valence electrons. The Bertz CT molecular complexity index is 3070. The third kappa shape index (κ3) is 3.76. The van der Waals surface area contributed by atoms with Crippen molar-refractivity contribution in [2.75, 3.05) is 0 Å². The topological polar surface area (TPSA) is 32.2 Å². The molecule has 0 bridgehead atoms. The number of fused-ring (bicyclic) bond motifs is 13. The van der Waals surface area contributed by atoms with Crippen LogP contribution in [0.4, 0.5) is 0 Å². The fraction of sp³-hybridized carbons (Fsp3) is 0.0417. The van der Waals surface area contributed by atoms with Gasteiger partial charge in [-0.1, -0.05) is 109 Å². The molecule has 2 unspecified atom stereocenters. The van der Waals surface area contributed by atoms with E-state index in [0.29, 0.717) is 0 Å². The molecular weight excluding hydrogens is 637 g/mol. The van der Waals surface area contributed by atoms with Crippen LogP contribution in [0.1, 0.15) is 17.0 Å². The lowest BCUT2D eigenvalue weighted by molar-refractivity contribution is 0.270. The molecule has 0 amide bonds. The highest BCUT2D eigenvalue weighted by molar-refractivity contribution is 6.15. The molecule has 1 aliphatic heterocycles. The van der Waals surface area contributed by atoms with Gasteiger partial charge in [-0.05, 0) is 66.2 Å². The molecule has 2 aliphatic rings. The molecule has 4 heteroatoms. The number of furan rings is 1. The second-order valence-electron chi connectivity index (χ2n) is 14.0. The van der Waals surface area contributed by atoms with Crippen molar-refractivity contribution in [2.24, 2.45) is 0 Å². The van der Waals surface area contributed by atoms with Gasteiger partial charge in [0, 0.05) is 55.1 Å². The van der Waals surface area contributed by atoms with E-state index >= 15 is 0 Å². The molecule has 10 aromatic rings. The first-order valence-corrected chi connectivity index (χ1v) is 17.9. The summed E-state index contributed by atoms with van der Waals surface area (Å²) < 4.78 is 18.4. The largest absolute Gasteiger partial charge is 0.481 e. The Morgan fingerprint density at radius 2 is 1.04 bits per heavy atom. The molecule has 0 radical (unpaired) electrons. The molecule has 1 aliphatic carbocycles. The minimum absolute atomic E-state index is 0.0307. The van der Waals surface area contributed by atoms with Crippen LogP contribution in [-0.4, -0.2) is 15.2 Å². The van der Waals surface area contributed by atoms with Crippen LogP contribution in [0.15, 0.2) is 174 Å². The molecule has 2 atom stereocenters. The van der Waals surface area contributed by atoms with Crippen molar-refractivity contribution in [1.82, 2.24) is 9.13 Å². The summed E-state index contributed by atoms with van der Waals surface area (Å²) >= 11 is 0. The van der Waals surface area contributed by atoms with Gasteiger partial charge in [-0.25, -0.2) is 0 Å². The second kappa shape index (κ2) is 10.4. The number of ether oxygens (including phenoxy) is 1. The predicted octanol–water partition coefficient (Wildman–Crippen LogP) is 12.3. The zero-order valence-electron chi connectivity index (χ0n) is 28.0. The van der Waals surface area contributed by atoms with Gasteiger partial charge in [-0.15, -0.1) is 0 Å². The molecule has 0 spiro atoms. The zero-order chi connectivity index (χ0) is 33.9. The predicted molar refractivity (Wildman–Crippen MR) is 213 cm³/mol. The maximum absolute atomic E-state index is 6.93. The number of aromatic nitrogens is 2. The minimum Gasteiger partial charge on any atom is -0.481 e. The lowest BCUT2D eigenvalue weighted by Gasteiger charge is -2.26. The fourth-order valence-electron chi connectivity index (χ4n) is 9.00. The van der Waals surface area contributed by atoms with Crippen molar-refractivity contribution in [3.63, 3.8) is 0 Å². The molecule has 0 saturated carbocycles. The van der Waals surface area contributed by atoms with Gasteiger partial charge in [-0.3, -0.25) is 0 Å². The molecular formula is C48H30N2O2. The Morgan fingerprint density at radius 3 is 1.67 bits per heavy atom. The Hall–Kier alpha value is -6.78. The molecule has 4 nitrogen and oxygen atoms in total. The smallest absolute Gasteiger partial charge is 0.177 e. The maximum Gasteiger partial charge on any atom is 0.177 e. The Labute approximate surface area is 298 Å². The van der Waals surface area contributed by atoms with Crippen molar-refractivity contribution in [2.45, 2.75) is 12.0 Å². The standard InChI is InChI=1S/C48H30N2O2/c1-2-12-29(13-3-1)37-28-46-39(27-44(37)50-42-20-10-6-16-33(42)34-17-7-11-21-43(34)50)36-24-23-35-38-26-30(22-25-45(38)51-47(35)48(36)52-46)49-40-18-8-4-14-31(40)32-15-5-9-19-41(32)49/h1-28,39,46H. The van der Waals surface area contributed by atoms with Crippen LogP contribution in [0.25, 0.3) is 82.5 Å². The Balaban J connectivity index is 1.05. The van der Waals surface area contributed by atoms with Crippen LogP contribution in [0.5, 0.6) is 5.75 Å². The number of benzene rings is 7. The number of allylic oxidation sites excluding steroid dienone is 2. The van der Waals surface area contributed by atoms with Gasteiger partial charge in [0.05, 0.1) is 27.8 Å². The summed E-state index contributed by atoms with van der Waals surface area (Å²) in [5, 5.41) is 7.15. The molecule has 0 saturated heterocycles. The normalized spacial score (nSPS) is 16.8. The van der Waals surface area contributed by atoms with E-state index in [4.69, 9.17) is 9.15 Å². The lowest BCUT2D eigenvalue weighted by Crippen LogP contribution is -2.20. The number of hydrogen-bond donors (Lipinski definition) is 0. The molecule has 0 fully saturated rings. The quantitative estimate of drug-likeness (QED) is 0.188. The first-order chi connectivity index (χ1) is 25.8. The van der Waals surface area contributed by atoms with E-state index in [1.54, 1.807) is 0 Å². The average Bonchev–Trinajstić information content (AvgIpc) is 3.95. The minimum atomic E-state index is -0.158. The molecule has 7 aromatic carbocycles. The summed E-state index contributed by atoms with van der Waals surface area (Å²) in [4.78, 5) is 0. The number of rotatable bonds is 3. The van der Waals surface area contributed by atoms with Crippen molar-refractivity contribution < 1.29 is 9.15 Å². The maximum atomic E-state index is 6.93. The van der Waals surface area contributed by atoms with Gasteiger partial charge in [0.15, 0.2) is 11.3 Å².